The summed E-state index contributed by atoms with van der Waals surface area (Å²) >= 11 is 0. The summed E-state index contributed by atoms with van der Waals surface area (Å²) < 4.78 is 0. The van der Waals surface area contributed by atoms with Gasteiger partial charge in [-0.05, 0) is 31.1 Å². The molecule has 0 radical (unpaired) electrons. The van der Waals surface area contributed by atoms with E-state index >= 15 is 0 Å². The van der Waals surface area contributed by atoms with Crippen molar-refractivity contribution < 1.29 is 0 Å². The molecule has 0 aromatic rings. The second-order valence-corrected chi connectivity index (χ2v) is 5.07. The predicted molar refractivity (Wildman–Crippen MR) is 66.5 cm³/mol. The van der Waals surface area contributed by atoms with Gasteiger partial charge in [-0.2, -0.15) is 0 Å². The summed E-state index contributed by atoms with van der Waals surface area (Å²) in [6, 6.07) is 0. The van der Waals surface area contributed by atoms with Crippen molar-refractivity contribution in [3.05, 3.63) is 24.3 Å². The third-order valence-electron chi connectivity index (χ3n) is 2.12. The molecule has 0 saturated heterocycles. The van der Waals surface area contributed by atoms with Gasteiger partial charge in [-0.1, -0.05) is 58.4 Å². The second-order valence-electron chi connectivity index (χ2n) is 5.07. The molecule has 0 aromatic heterocycles. The lowest BCUT2D eigenvalue weighted by Gasteiger charge is -2.15. The van der Waals surface area contributed by atoms with Gasteiger partial charge in [-0.15, -0.1) is 0 Å². The average Bonchev–Trinajstić information content (AvgIpc) is 2.08. The normalized spacial score (nSPS) is 13.1. The summed E-state index contributed by atoms with van der Waals surface area (Å²) in [4.78, 5) is 0. The van der Waals surface area contributed by atoms with Crippen molar-refractivity contribution in [1.82, 2.24) is 0 Å². The smallest absolute Gasteiger partial charge is 0.0169 e. The molecule has 0 heteroatoms. The summed E-state index contributed by atoms with van der Waals surface area (Å²) in [6.45, 7) is 9.09. The molecule has 0 atom stereocenters. The van der Waals surface area contributed by atoms with Crippen molar-refractivity contribution in [2.75, 3.05) is 0 Å². The average molecular weight is 194 g/mol. The molecule has 0 unspecified atom stereocenters. The van der Waals surface area contributed by atoms with Crippen molar-refractivity contribution in [3.63, 3.8) is 0 Å². The Kier molecular flexibility index (Phi) is 7.55. The van der Waals surface area contributed by atoms with E-state index in [0.29, 0.717) is 5.41 Å². The van der Waals surface area contributed by atoms with Crippen LogP contribution in [0, 0.1) is 5.41 Å². The summed E-state index contributed by atoms with van der Waals surface area (Å²) in [5.41, 5.74) is 0.475. The topological polar surface area (TPSA) is 0 Å². The Morgan fingerprint density at radius 2 is 1.43 bits per heavy atom. The first kappa shape index (κ1) is 13.5. The summed E-state index contributed by atoms with van der Waals surface area (Å²) in [5.74, 6) is 0. The van der Waals surface area contributed by atoms with Crippen LogP contribution in [-0.4, -0.2) is 0 Å². The van der Waals surface area contributed by atoms with Gasteiger partial charge in [0.25, 0.3) is 0 Å². The van der Waals surface area contributed by atoms with Crippen molar-refractivity contribution in [3.8, 4) is 0 Å². The lowest BCUT2D eigenvalue weighted by molar-refractivity contribution is 0.381. The molecule has 0 aromatic carbocycles. The fourth-order valence-corrected chi connectivity index (χ4v) is 1.19. The molecule has 0 spiro atoms. The van der Waals surface area contributed by atoms with E-state index in [1.54, 1.807) is 0 Å². The summed E-state index contributed by atoms with van der Waals surface area (Å²) in [7, 11) is 0. The molecule has 0 nitrogen and oxygen atoms in total. The van der Waals surface area contributed by atoms with Crippen LogP contribution in [0.5, 0.6) is 0 Å². The van der Waals surface area contributed by atoms with Gasteiger partial charge in [0.2, 0.25) is 0 Å². The van der Waals surface area contributed by atoms with E-state index in [-0.39, 0.29) is 0 Å². The number of hydrogen-bond acceptors (Lipinski definition) is 0. The van der Waals surface area contributed by atoms with Crippen molar-refractivity contribution in [2.24, 2.45) is 5.41 Å². The maximum atomic E-state index is 2.31. The minimum Gasteiger partial charge on any atom is -0.0882 e. The monoisotopic (exact) mass is 194 g/mol. The van der Waals surface area contributed by atoms with Crippen LogP contribution in [0.25, 0.3) is 0 Å². The molecule has 0 rings (SSSR count). The lowest BCUT2D eigenvalue weighted by Crippen LogP contribution is -2.02. The molecule has 82 valence electrons. The minimum atomic E-state index is 0.475. The zero-order valence-electron chi connectivity index (χ0n) is 10.3. The van der Waals surface area contributed by atoms with Crippen LogP contribution in [0.15, 0.2) is 24.3 Å². The molecule has 0 aliphatic carbocycles. The van der Waals surface area contributed by atoms with E-state index in [1.807, 2.05) is 0 Å². The van der Waals surface area contributed by atoms with Crippen LogP contribution in [0.3, 0.4) is 0 Å². The number of hydrogen-bond donors (Lipinski definition) is 0. The van der Waals surface area contributed by atoms with Crippen LogP contribution in [0.1, 0.15) is 59.8 Å². The van der Waals surface area contributed by atoms with E-state index in [4.69, 9.17) is 0 Å². The Bertz CT molecular complexity index is 167. The molecule has 0 aliphatic rings. The van der Waals surface area contributed by atoms with Crippen molar-refractivity contribution in [1.29, 1.82) is 0 Å². The first-order valence-electron chi connectivity index (χ1n) is 5.86. The summed E-state index contributed by atoms with van der Waals surface area (Å²) in [6.07, 6.45) is 15.2. The molecule has 0 N–H and O–H groups in total. The molecular formula is C14H26. The standard InChI is InChI=1S/C14H26/c1-5-6-7-8-9-10-11-12-13-14(2,3)4/h7-8,10-11H,5-6,9,12-13H2,1-4H3/b8-7+,11-10+. The third kappa shape index (κ3) is 11.5. The van der Waals surface area contributed by atoms with Crippen LogP contribution < -0.4 is 0 Å². The van der Waals surface area contributed by atoms with E-state index in [2.05, 4.69) is 52.0 Å². The summed E-state index contributed by atoms with van der Waals surface area (Å²) in [5, 5.41) is 0. The maximum absolute atomic E-state index is 2.31. The lowest BCUT2D eigenvalue weighted by atomic mass is 9.90. The third-order valence-corrected chi connectivity index (χ3v) is 2.12. The quantitative estimate of drug-likeness (QED) is 0.515. The van der Waals surface area contributed by atoms with Crippen molar-refractivity contribution >= 4 is 0 Å². The molecule has 0 heterocycles. The zero-order chi connectivity index (χ0) is 10.9. The molecule has 0 fully saturated rings. The highest BCUT2D eigenvalue weighted by Gasteiger charge is 2.07. The first-order valence-corrected chi connectivity index (χ1v) is 5.86. The fourth-order valence-electron chi connectivity index (χ4n) is 1.19. The second kappa shape index (κ2) is 7.84. The van der Waals surface area contributed by atoms with Gasteiger partial charge >= 0.3 is 0 Å². The van der Waals surface area contributed by atoms with E-state index < -0.39 is 0 Å². The maximum Gasteiger partial charge on any atom is -0.0169 e. The van der Waals surface area contributed by atoms with E-state index in [9.17, 15) is 0 Å². The van der Waals surface area contributed by atoms with Crippen LogP contribution in [-0.2, 0) is 0 Å². The van der Waals surface area contributed by atoms with Gasteiger partial charge in [0.15, 0.2) is 0 Å². The molecular weight excluding hydrogens is 168 g/mol. The highest BCUT2D eigenvalue weighted by molar-refractivity contribution is 4.92. The van der Waals surface area contributed by atoms with Gasteiger partial charge < -0.3 is 0 Å². The Labute approximate surface area is 90.1 Å². The molecule has 14 heavy (non-hydrogen) atoms. The number of unbranched alkanes of at least 4 members (excludes halogenated alkanes) is 1. The number of rotatable bonds is 6. The first-order chi connectivity index (χ1) is 6.56. The van der Waals surface area contributed by atoms with Gasteiger partial charge in [-0.3, -0.25) is 0 Å². The van der Waals surface area contributed by atoms with E-state index in [0.717, 1.165) is 6.42 Å². The van der Waals surface area contributed by atoms with Gasteiger partial charge in [0.05, 0.1) is 0 Å². The fraction of sp³-hybridized carbons (Fsp3) is 0.714. The SMILES string of the molecule is CCC/C=C/C/C=C/CCC(C)(C)C. The predicted octanol–water partition coefficient (Wildman–Crippen LogP) is 5.12. The Morgan fingerprint density at radius 1 is 0.857 bits per heavy atom. The van der Waals surface area contributed by atoms with Crippen molar-refractivity contribution in [2.45, 2.75) is 59.8 Å². The molecule has 0 aliphatic heterocycles. The Hall–Kier alpha value is -0.520. The minimum absolute atomic E-state index is 0.475. The molecule has 0 amide bonds. The van der Waals surface area contributed by atoms with Gasteiger partial charge in [0, 0.05) is 0 Å². The van der Waals surface area contributed by atoms with Gasteiger partial charge in [-0.25, -0.2) is 0 Å². The highest BCUT2D eigenvalue weighted by atomic mass is 14.1. The molecule has 0 saturated carbocycles. The van der Waals surface area contributed by atoms with Crippen LogP contribution >= 0.6 is 0 Å². The van der Waals surface area contributed by atoms with E-state index in [1.165, 1.54) is 25.7 Å². The zero-order valence-corrected chi connectivity index (χ0v) is 10.3. The number of allylic oxidation sites excluding steroid dienone is 4. The highest BCUT2D eigenvalue weighted by Crippen LogP contribution is 2.20. The van der Waals surface area contributed by atoms with Crippen LogP contribution in [0.2, 0.25) is 0 Å². The Balaban J connectivity index is 3.37. The largest absolute Gasteiger partial charge is 0.0882 e. The Morgan fingerprint density at radius 3 is 1.93 bits per heavy atom. The van der Waals surface area contributed by atoms with Gasteiger partial charge in [0.1, 0.15) is 0 Å². The molecule has 0 bridgehead atoms. The van der Waals surface area contributed by atoms with Crippen LogP contribution in [0.4, 0.5) is 0 Å².